The van der Waals surface area contributed by atoms with Gasteiger partial charge >= 0.3 is 11.9 Å². The minimum absolute atomic E-state index is 0.229. The summed E-state index contributed by atoms with van der Waals surface area (Å²) in [6, 6.07) is 6.60. The van der Waals surface area contributed by atoms with Crippen molar-refractivity contribution in [1.29, 1.82) is 0 Å². The van der Waals surface area contributed by atoms with Gasteiger partial charge in [0.15, 0.2) is 11.5 Å². The van der Waals surface area contributed by atoms with Crippen LogP contribution >= 0.6 is 0 Å². The van der Waals surface area contributed by atoms with Crippen molar-refractivity contribution in [3.8, 4) is 11.5 Å². The molecule has 0 fully saturated rings. The van der Waals surface area contributed by atoms with Crippen molar-refractivity contribution in [3.63, 3.8) is 0 Å². The van der Waals surface area contributed by atoms with Crippen molar-refractivity contribution in [2.24, 2.45) is 5.41 Å². The lowest BCUT2D eigenvalue weighted by Crippen LogP contribution is -2.25. The number of para-hydroxylation sites is 2. The molecule has 0 saturated heterocycles. The van der Waals surface area contributed by atoms with E-state index in [2.05, 4.69) is 0 Å². The number of allylic oxidation sites excluding steroid dienone is 1. The lowest BCUT2D eigenvalue weighted by molar-refractivity contribution is -0.143. The van der Waals surface area contributed by atoms with Crippen LogP contribution < -0.4 is 9.47 Å². The molecule has 0 saturated carbocycles. The van der Waals surface area contributed by atoms with Gasteiger partial charge in [-0.05, 0) is 46.8 Å². The maximum Gasteiger partial charge on any atom is 0.336 e. The molecule has 0 radical (unpaired) electrons. The van der Waals surface area contributed by atoms with Crippen molar-refractivity contribution in [2.45, 2.75) is 34.6 Å². The summed E-state index contributed by atoms with van der Waals surface area (Å²) in [6.45, 7) is 8.87. The SMILES string of the molecule is CC(C)=CC(=O)Oc1ccccc1OC(=O)C(C)(C)C. The van der Waals surface area contributed by atoms with E-state index in [1.807, 2.05) is 0 Å². The molecule has 0 atom stereocenters. The lowest BCUT2D eigenvalue weighted by Gasteiger charge is -2.17. The Hall–Kier alpha value is -2.10. The van der Waals surface area contributed by atoms with Gasteiger partial charge in [-0.1, -0.05) is 17.7 Å². The Morgan fingerprint density at radius 3 is 1.95 bits per heavy atom. The van der Waals surface area contributed by atoms with Crippen LogP contribution in [0, 0.1) is 5.41 Å². The third-order valence-electron chi connectivity index (χ3n) is 2.28. The summed E-state index contributed by atoms with van der Waals surface area (Å²) in [4.78, 5) is 23.5. The third-order valence-corrected chi connectivity index (χ3v) is 2.28. The fourth-order valence-electron chi connectivity index (χ4n) is 1.25. The molecule has 0 bridgehead atoms. The molecule has 0 spiro atoms. The first-order valence-corrected chi connectivity index (χ1v) is 6.38. The molecule has 0 heterocycles. The van der Waals surface area contributed by atoms with Gasteiger partial charge in [0.2, 0.25) is 0 Å². The molecule has 0 aromatic heterocycles. The number of hydrogen-bond donors (Lipinski definition) is 0. The second-order valence-corrected chi connectivity index (χ2v) is 5.73. The van der Waals surface area contributed by atoms with E-state index in [9.17, 15) is 9.59 Å². The molecule has 1 aromatic rings. The van der Waals surface area contributed by atoms with Crippen LogP contribution in [-0.4, -0.2) is 11.9 Å². The number of hydrogen-bond acceptors (Lipinski definition) is 4. The normalized spacial score (nSPS) is 10.7. The standard InChI is InChI=1S/C16H20O4/c1-11(2)10-14(17)19-12-8-6-7-9-13(12)20-15(18)16(3,4)5/h6-10H,1-5H3. The third kappa shape index (κ3) is 4.88. The zero-order valence-electron chi connectivity index (χ0n) is 12.5. The summed E-state index contributed by atoms with van der Waals surface area (Å²) in [6.07, 6.45) is 1.38. The molecule has 1 rings (SSSR count). The van der Waals surface area contributed by atoms with E-state index < -0.39 is 11.4 Å². The van der Waals surface area contributed by atoms with E-state index in [-0.39, 0.29) is 17.5 Å². The summed E-state index contributed by atoms with van der Waals surface area (Å²) in [5, 5.41) is 0. The number of ether oxygens (including phenoxy) is 2. The highest BCUT2D eigenvalue weighted by molar-refractivity contribution is 5.85. The monoisotopic (exact) mass is 276 g/mol. The summed E-state index contributed by atoms with van der Waals surface area (Å²) >= 11 is 0. The molecule has 1 aromatic carbocycles. The van der Waals surface area contributed by atoms with Crippen molar-refractivity contribution in [2.75, 3.05) is 0 Å². The average molecular weight is 276 g/mol. The van der Waals surface area contributed by atoms with Crippen LogP contribution in [0.1, 0.15) is 34.6 Å². The first-order chi connectivity index (χ1) is 9.20. The molecule has 0 aliphatic heterocycles. The topological polar surface area (TPSA) is 52.6 Å². The van der Waals surface area contributed by atoms with Gasteiger partial charge in [0.1, 0.15) is 0 Å². The maximum absolute atomic E-state index is 11.9. The van der Waals surface area contributed by atoms with Gasteiger partial charge in [-0.2, -0.15) is 0 Å². The molecule has 0 aliphatic rings. The van der Waals surface area contributed by atoms with Gasteiger partial charge in [-0.25, -0.2) is 4.79 Å². The summed E-state index contributed by atoms with van der Waals surface area (Å²) in [7, 11) is 0. The van der Waals surface area contributed by atoms with E-state index in [4.69, 9.17) is 9.47 Å². The zero-order valence-corrected chi connectivity index (χ0v) is 12.5. The fraction of sp³-hybridized carbons (Fsp3) is 0.375. The lowest BCUT2D eigenvalue weighted by atomic mass is 9.97. The highest BCUT2D eigenvalue weighted by atomic mass is 16.6. The molecule has 0 unspecified atom stereocenters. The average Bonchev–Trinajstić information content (AvgIpc) is 2.29. The van der Waals surface area contributed by atoms with Crippen LogP contribution in [0.2, 0.25) is 0 Å². The number of carbonyl (C=O) groups is 2. The molecule has 0 N–H and O–H groups in total. The second kappa shape index (κ2) is 6.37. The van der Waals surface area contributed by atoms with Crippen molar-refractivity contribution in [1.82, 2.24) is 0 Å². The molecule has 108 valence electrons. The number of rotatable bonds is 3. The van der Waals surface area contributed by atoms with Crippen LogP contribution in [0.4, 0.5) is 0 Å². The predicted octanol–water partition coefficient (Wildman–Crippen LogP) is 3.51. The predicted molar refractivity (Wildman–Crippen MR) is 76.6 cm³/mol. The Labute approximate surface area is 119 Å². The molecular formula is C16H20O4. The minimum Gasteiger partial charge on any atom is -0.422 e. The largest absolute Gasteiger partial charge is 0.422 e. The summed E-state index contributed by atoms with van der Waals surface area (Å²) in [5.74, 6) is -0.414. The number of esters is 2. The second-order valence-electron chi connectivity index (χ2n) is 5.73. The van der Waals surface area contributed by atoms with Gasteiger partial charge in [0.05, 0.1) is 5.41 Å². The molecule has 4 nitrogen and oxygen atoms in total. The maximum atomic E-state index is 11.9. The van der Waals surface area contributed by atoms with Crippen LogP contribution in [0.3, 0.4) is 0 Å². The first kappa shape index (κ1) is 16.0. The Morgan fingerprint density at radius 1 is 1.00 bits per heavy atom. The van der Waals surface area contributed by atoms with E-state index in [0.29, 0.717) is 0 Å². The van der Waals surface area contributed by atoms with Crippen molar-refractivity contribution < 1.29 is 19.1 Å². The van der Waals surface area contributed by atoms with Crippen LogP contribution in [0.5, 0.6) is 11.5 Å². The fourth-order valence-corrected chi connectivity index (χ4v) is 1.25. The van der Waals surface area contributed by atoms with Gasteiger partial charge in [0.25, 0.3) is 0 Å². The quantitative estimate of drug-likeness (QED) is 0.481. The molecular weight excluding hydrogens is 256 g/mol. The van der Waals surface area contributed by atoms with Gasteiger partial charge in [-0.15, -0.1) is 0 Å². The Morgan fingerprint density at radius 2 is 1.50 bits per heavy atom. The minimum atomic E-state index is -0.628. The van der Waals surface area contributed by atoms with Crippen molar-refractivity contribution >= 4 is 11.9 Å². The van der Waals surface area contributed by atoms with Gasteiger partial charge in [0, 0.05) is 6.08 Å². The van der Waals surface area contributed by atoms with E-state index in [1.165, 1.54) is 6.08 Å². The Bertz CT molecular complexity index is 532. The highest BCUT2D eigenvalue weighted by Gasteiger charge is 2.25. The van der Waals surface area contributed by atoms with Gasteiger partial charge in [-0.3, -0.25) is 4.79 Å². The molecule has 20 heavy (non-hydrogen) atoms. The van der Waals surface area contributed by atoms with E-state index in [1.54, 1.807) is 58.9 Å². The van der Waals surface area contributed by atoms with E-state index in [0.717, 1.165) is 5.57 Å². The summed E-state index contributed by atoms with van der Waals surface area (Å²) in [5.41, 5.74) is 0.205. The highest BCUT2D eigenvalue weighted by Crippen LogP contribution is 2.29. The van der Waals surface area contributed by atoms with Gasteiger partial charge < -0.3 is 9.47 Å². The van der Waals surface area contributed by atoms with Crippen molar-refractivity contribution in [3.05, 3.63) is 35.9 Å². The Kier molecular flexibility index (Phi) is 5.08. The van der Waals surface area contributed by atoms with E-state index >= 15 is 0 Å². The Balaban J connectivity index is 2.92. The smallest absolute Gasteiger partial charge is 0.336 e. The zero-order chi connectivity index (χ0) is 15.3. The number of benzene rings is 1. The summed E-state index contributed by atoms with van der Waals surface area (Å²) < 4.78 is 10.5. The first-order valence-electron chi connectivity index (χ1n) is 6.38. The molecule has 4 heteroatoms. The van der Waals surface area contributed by atoms with Crippen LogP contribution in [-0.2, 0) is 9.59 Å². The van der Waals surface area contributed by atoms with Crippen LogP contribution in [0.25, 0.3) is 0 Å². The number of carbonyl (C=O) groups excluding carboxylic acids is 2. The molecule has 0 aliphatic carbocycles. The molecule has 0 amide bonds. The van der Waals surface area contributed by atoms with Crippen LogP contribution in [0.15, 0.2) is 35.9 Å².